The number of carbonyl (C=O) groups is 1. The minimum Gasteiger partial charge on any atom is -0.359 e. The van der Waals surface area contributed by atoms with E-state index in [9.17, 15) is 4.79 Å². The van der Waals surface area contributed by atoms with Crippen LogP contribution >= 0.6 is 23.2 Å². The van der Waals surface area contributed by atoms with Gasteiger partial charge >= 0.3 is 0 Å². The fourth-order valence-corrected chi connectivity index (χ4v) is 2.87. The SMILES string of the molecule is CNC(=O)C1CCN(c2nc(NN)c(Cl)cc2Cl)CC1. The molecule has 0 spiro atoms. The molecule has 8 heteroatoms. The number of halogens is 2. The molecule has 0 bridgehead atoms. The highest BCUT2D eigenvalue weighted by molar-refractivity contribution is 6.37. The van der Waals surface area contributed by atoms with Crippen molar-refractivity contribution in [2.75, 3.05) is 30.5 Å². The third-order valence-corrected chi connectivity index (χ3v) is 4.03. The lowest BCUT2D eigenvalue weighted by Crippen LogP contribution is -2.40. The Hall–Kier alpha value is -1.24. The Morgan fingerprint density at radius 2 is 2.05 bits per heavy atom. The maximum Gasteiger partial charge on any atom is 0.222 e. The fraction of sp³-hybridized carbons (Fsp3) is 0.500. The molecule has 20 heavy (non-hydrogen) atoms. The smallest absolute Gasteiger partial charge is 0.222 e. The summed E-state index contributed by atoms with van der Waals surface area (Å²) >= 11 is 12.1. The molecule has 4 N–H and O–H groups in total. The summed E-state index contributed by atoms with van der Waals surface area (Å²) < 4.78 is 0. The molecular weight excluding hydrogens is 301 g/mol. The number of nitrogens with one attached hydrogen (secondary N) is 2. The van der Waals surface area contributed by atoms with Crippen LogP contribution in [0.3, 0.4) is 0 Å². The second kappa shape index (κ2) is 6.47. The molecule has 1 aliphatic rings. The van der Waals surface area contributed by atoms with Crippen molar-refractivity contribution in [2.45, 2.75) is 12.8 Å². The molecule has 2 rings (SSSR count). The lowest BCUT2D eigenvalue weighted by atomic mass is 9.96. The van der Waals surface area contributed by atoms with Crippen molar-refractivity contribution in [2.24, 2.45) is 11.8 Å². The van der Waals surface area contributed by atoms with Crippen molar-refractivity contribution in [1.29, 1.82) is 0 Å². The Balaban J connectivity index is 2.12. The number of hydrogen-bond donors (Lipinski definition) is 3. The monoisotopic (exact) mass is 317 g/mol. The number of nitrogens with two attached hydrogens (primary N) is 1. The van der Waals surface area contributed by atoms with Crippen LogP contribution in [0, 0.1) is 5.92 Å². The molecule has 1 aromatic heterocycles. The highest BCUT2D eigenvalue weighted by Crippen LogP contribution is 2.33. The van der Waals surface area contributed by atoms with Gasteiger partial charge < -0.3 is 15.6 Å². The molecule has 1 saturated heterocycles. The first-order valence-electron chi connectivity index (χ1n) is 6.36. The number of hydrazine groups is 1. The third-order valence-electron chi connectivity index (χ3n) is 3.46. The molecule has 1 fully saturated rings. The maximum absolute atomic E-state index is 11.6. The predicted octanol–water partition coefficient (Wildman–Crippen LogP) is 1.64. The molecule has 0 aliphatic carbocycles. The lowest BCUT2D eigenvalue weighted by molar-refractivity contribution is -0.125. The summed E-state index contributed by atoms with van der Waals surface area (Å²) in [5.41, 5.74) is 2.45. The molecule has 1 aliphatic heterocycles. The van der Waals surface area contributed by atoms with Crippen LogP contribution < -0.4 is 21.5 Å². The third kappa shape index (κ3) is 3.08. The molecular formula is C12H17Cl2N5O. The van der Waals surface area contributed by atoms with E-state index in [0.717, 1.165) is 25.9 Å². The van der Waals surface area contributed by atoms with Crippen molar-refractivity contribution in [1.82, 2.24) is 10.3 Å². The quantitative estimate of drug-likeness (QED) is 0.583. The van der Waals surface area contributed by atoms with Crippen LogP contribution in [0.2, 0.25) is 10.0 Å². The van der Waals surface area contributed by atoms with E-state index in [2.05, 4.69) is 15.7 Å². The van der Waals surface area contributed by atoms with E-state index in [4.69, 9.17) is 29.0 Å². The molecule has 0 saturated carbocycles. The van der Waals surface area contributed by atoms with Crippen molar-refractivity contribution in [3.8, 4) is 0 Å². The second-order valence-electron chi connectivity index (χ2n) is 4.64. The number of aromatic nitrogens is 1. The van der Waals surface area contributed by atoms with Crippen LogP contribution in [0.5, 0.6) is 0 Å². The summed E-state index contributed by atoms with van der Waals surface area (Å²) in [7, 11) is 1.66. The van der Waals surface area contributed by atoms with E-state index < -0.39 is 0 Å². The molecule has 110 valence electrons. The molecule has 0 unspecified atom stereocenters. The number of nitrogens with zero attached hydrogens (tertiary/aromatic N) is 2. The van der Waals surface area contributed by atoms with Gasteiger partial charge in [0, 0.05) is 26.1 Å². The van der Waals surface area contributed by atoms with E-state index in [-0.39, 0.29) is 11.8 Å². The Kier molecular flexibility index (Phi) is 4.91. The molecule has 6 nitrogen and oxygen atoms in total. The molecule has 0 radical (unpaired) electrons. The van der Waals surface area contributed by atoms with E-state index in [1.165, 1.54) is 0 Å². The molecule has 2 heterocycles. The van der Waals surface area contributed by atoms with Gasteiger partial charge in [-0.05, 0) is 18.9 Å². The Bertz CT molecular complexity index is 503. The first-order valence-corrected chi connectivity index (χ1v) is 7.11. The van der Waals surface area contributed by atoms with Gasteiger partial charge in [-0.2, -0.15) is 0 Å². The van der Waals surface area contributed by atoms with Crippen LogP contribution in [-0.4, -0.2) is 31.0 Å². The zero-order valence-corrected chi connectivity index (χ0v) is 12.6. The standard InChI is InChI=1S/C12H17Cl2N5O/c1-16-12(20)7-2-4-19(5-3-7)11-9(14)6-8(13)10(17-11)18-15/h6-7H,2-5,15H2,1H3,(H,16,20)(H,17,18). The number of nitrogen functional groups attached to an aromatic ring is 1. The number of carbonyl (C=O) groups excluding carboxylic acids is 1. The topological polar surface area (TPSA) is 83.3 Å². The van der Waals surface area contributed by atoms with Gasteiger partial charge in [0.25, 0.3) is 0 Å². The van der Waals surface area contributed by atoms with E-state index >= 15 is 0 Å². The van der Waals surface area contributed by atoms with Crippen LogP contribution in [0.4, 0.5) is 11.6 Å². The average molecular weight is 318 g/mol. The number of hydrogen-bond acceptors (Lipinski definition) is 5. The van der Waals surface area contributed by atoms with Gasteiger partial charge in [-0.1, -0.05) is 23.2 Å². The summed E-state index contributed by atoms with van der Waals surface area (Å²) in [5, 5.41) is 3.54. The minimum absolute atomic E-state index is 0.0504. The summed E-state index contributed by atoms with van der Waals surface area (Å²) in [6, 6.07) is 1.62. The Labute approximate surface area is 127 Å². The number of pyridine rings is 1. The molecule has 0 atom stereocenters. The zero-order chi connectivity index (χ0) is 14.7. The predicted molar refractivity (Wildman–Crippen MR) is 81.1 cm³/mol. The normalized spacial score (nSPS) is 16.1. The van der Waals surface area contributed by atoms with Gasteiger partial charge in [-0.25, -0.2) is 10.8 Å². The molecule has 1 aromatic rings. The zero-order valence-electron chi connectivity index (χ0n) is 11.1. The van der Waals surface area contributed by atoms with E-state index in [1.54, 1.807) is 13.1 Å². The molecule has 0 aromatic carbocycles. The average Bonchev–Trinajstić information content (AvgIpc) is 2.47. The summed E-state index contributed by atoms with van der Waals surface area (Å²) in [6.45, 7) is 1.44. The number of piperidine rings is 1. The first-order chi connectivity index (χ1) is 9.56. The molecule has 1 amide bonds. The van der Waals surface area contributed by atoms with Crippen LogP contribution in [0.1, 0.15) is 12.8 Å². The number of amides is 1. The van der Waals surface area contributed by atoms with Gasteiger partial charge in [-0.3, -0.25) is 4.79 Å². The van der Waals surface area contributed by atoms with Gasteiger partial charge in [0.05, 0.1) is 10.0 Å². The van der Waals surface area contributed by atoms with Crippen molar-refractivity contribution in [3.05, 3.63) is 16.1 Å². The minimum atomic E-state index is 0.0504. The lowest BCUT2D eigenvalue weighted by Gasteiger charge is -2.32. The van der Waals surface area contributed by atoms with Gasteiger partial charge in [0.1, 0.15) is 5.82 Å². The summed E-state index contributed by atoms with van der Waals surface area (Å²) in [6.07, 6.45) is 1.54. The highest BCUT2D eigenvalue weighted by atomic mass is 35.5. The largest absolute Gasteiger partial charge is 0.359 e. The number of anilines is 2. The van der Waals surface area contributed by atoms with Gasteiger partial charge in [-0.15, -0.1) is 0 Å². The van der Waals surface area contributed by atoms with Crippen molar-refractivity contribution in [3.63, 3.8) is 0 Å². The highest BCUT2D eigenvalue weighted by Gasteiger charge is 2.26. The van der Waals surface area contributed by atoms with Gasteiger partial charge in [0.2, 0.25) is 5.91 Å². The Morgan fingerprint density at radius 3 is 2.60 bits per heavy atom. The second-order valence-corrected chi connectivity index (χ2v) is 5.46. The summed E-state index contributed by atoms with van der Waals surface area (Å²) in [4.78, 5) is 18.0. The van der Waals surface area contributed by atoms with E-state index in [1.807, 2.05) is 4.90 Å². The van der Waals surface area contributed by atoms with E-state index in [0.29, 0.717) is 21.7 Å². The van der Waals surface area contributed by atoms with Crippen LogP contribution in [0.15, 0.2) is 6.07 Å². The van der Waals surface area contributed by atoms with Gasteiger partial charge in [0.15, 0.2) is 5.82 Å². The van der Waals surface area contributed by atoms with Crippen LogP contribution in [-0.2, 0) is 4.79 Å². The first kappa shape index (κ1) is 15.2. The van der Waals surface area contributed by atoms with Crippen molar-refractivity contribution < 1.29 is 4.79 Å². The Morgan fingerprint density at radius 1 is 1.40 bits per heavy atom. The maximum atomic E-state index is 11.6. The summed E-state index contributed by atoms with van der Waals surface area (Å²) in [5.74, 6) is 6.53. The van der Waals surface area contributed by atoms with Crippen molar-refractivity contribution >= 4 is 40.7 Å². The van der Waals surface area contributed by atoms with Crippen LogP contribution in [0.25, 0.3) is 0 Å². The number of rotatable bonds is 3. The fourth-order valence-electron chi connectivity index (χ4n) is 2.34.